The fraction of sp³-hybridized carbons (Fsp3) is 0.556. The molecule has 4 aliphatic rings. The number of esters is 2. The second-order valence-electron chi connectivity index (χ2n) is 7.12. The van der Waals surface area contributed by atoms with Gasteiger partial charge in [0.2, 0.25) is 10.0 Å². The Hall–Kier alpha value is -1.97. The summed E-state index contributed by atoms with van der Waals surface area (Å²) in [6.07, 6.45) is -1.56. The third kappa shape index (κ3) is 3.03. The Kier molecular flexibility index (Phi) is 4.48. The van der Waals surface area contributed by atoms with E-state index >= 15 is 0 Å². The molecular weight excluding hydrogens is 374 g/mol. The Morgan fingerprint density at radius 1 is 0.963 bits per heavy atom. The molecular formula is C18H21NO7S. The van der Waals surface area contributed by atoms with Gasteiger partial charge < -0.3 is 14.2 Å². The lowest BCUT2D eigenvalue weighted by Crippen LogP contribution is -2.76. The highest BCUT2D eigenvalue weighted by atomic mass is 32.2. The standard InChI is InChI=1S/C18H21NO7S/c1-10(20)24-17-13-8-16-18(25-11(2)21)14(9-15(17)26-16)19(13)27(22,23)12-6-4-3-5-7-12/h3-7,13-18H,8-9H2,1-2H3/t13-,14-,15-,16-,17-,18-/m0/s1. The van der Waals surface area contributed by atoms with Crippen molar-refractivity contribution in [3.63, 3.8) is 0 Å². The zero-order valence-corrected chi connectivity index (χ0v) is 15.8. The van der Waals surface area contributed by atoms with E-state index in [0.29, 0.717) is 12.8 Å². The fourth-order valence-electron chi connectivity index (χ4n) is 4.50. The number of hydrogen-bond acceptors (Lipinski definition) is 7. The predicted octanol–water partition coefficient (Wildman–Crippen LogP) is 0.853. The molecule has 0 spiro atoms. The Balaban J connectivity index is 1.75. The third-order valence-corrected chi connectivity index (χ3v) is 7.33. The summed E-state index contributed by atoms with van der Waals surface area (Å²) >= 11 is 0. The largest absolute Gasteiger partial charge is 0.458 e. The lowest BCUT2D eigenvalue weighted by molar-refractivity contribution is -0.265. The first-order chi connectivity index (χ1) is 12.8. The number of nitrogens with zero attached hydrogens (tertiary/aromatic N) is 1. The quantitative estimate of drug-likeness (QED) is 0.697. The Bertz CT molecular complexity index is 820. The normalized spacial score (nSPS) is 35.0. The second-order valence-corrected chi connectivity index (χ2v) is 8.96. The summed E-state index contributed by atoms with van der Waals surface area (Å²) in [5.41, 5.74) is 0. The Labute approximate surface area is 157 Å². The molecule has 6 atom stereocenters. The molecule has 0 amide bonds. The molecule has 4 heterocycles. The van der Waals surface area contributed by atoms with Crippen LogP contribution >= 0.6 is 0 Å². The molecule has 0 saturated carbocycles. The highest BCUT2D eigenvalue weighted by Gasteiger charge is 2.63. The van der Waals surface area contributed by atoms with Gasteiger partial charge in [-0.3, -0.25) is 9.59 Å². The zero-order valence-electron chi connectivity index (χ0n) is 15.0. The van der Waals surface area contributed by atoms with E-state index in [1.165, 1.54) is 30.3 Å². The molecule has 5 rings (SSSR count). The number of sulfonamides is 1. The lowest BCUT2D eigenvalue weighted by Gasteiger charge is -2.60. The van der Waals surface area contributed by atoms with Gasteiger partial charge in [0.1, 0.15) is 12.2 Å². The molecule has 0 aromatic heterocycles. The molecule has 4 bridgehead atoms. The van der Waals surface area contributed by atoms with Crippen LogP contribution in [0.1, 0.15) is 26.7 Å². The van der Waals surface area contributed by atoms with Crippen molar-refractivity contribution in [2.24, 2.45) is 0 Å². The highest BCUT2D eigenvalue weighted by Crippen LogP contribution is 2.47. The molecule has 1 aromatic rings. The van der Waals surface area contributed by atoms with Gasteiger partial charge in [0.05, 0.1) is 29.2 Å². The van der Waals surface area contributed by atoms with Crippen molar-refractivity contribution in [1.29, 1.82) is 0 Å². The number of ether oxygens (including phenoxy) is 3. The maximum Gasteiger partial charge on any atom is 0.303 e. The molecule has 4 saturated heterocycles. The lowest BCUT2D eigenvalue weighted by atomic mass is 9.76. The Morgan fingerprint density at radius 3 is 1.89 bits per heavy atom. The topological polar surface area (TPSA) is 99.2 Å². The second kappa shape index (κ2) is 6.57. The average Bonchev–Trinajstić information content (AvgIpc) is 2.59. The SMILES string of the molecule is CC(=O)O[C@@H]1[C@@H]2C[C@H]3[C@H](OC(C)=O)[C@H](C[C@@H]1N3S(=O)(=O)c1ccccc1)O2. The van der Waals surface area contributed by atoms with Crippen molar-refractivity contribution in [2.45, 2.75) is 68.1 Å². The van der Waals surface area contributed by atoms with Crippen LogP contribution in [0.2, 0.25) is 0 Å². The number of benzene rings is 1. The van der Waals surface area contributed by atoms with E-state index in [-0.39, 0.29) is 4.90 Å². The fourth-order valence-corrected chi connectivity index (χ4v) is 6.37. The van der Waals surface area contributed by atoms with Gasteiger partial charge in [-0.2, -0.15) is 4.31 Å². The van der Waals surface area contributed by atoms with Crippen LogP contribution in [-0.4, -0.2) is 61.2 Å². The maximum atomic E-state index is 13.4. The summed E-state index contributed by atoms with van der Waals surface area (Å²) in [6.45, 7) is 2.59. The van der Waals surface area contributed by atoms with E-state index in [2.05, 4.69) is 0 Å². The minimum absolute atomic E-state index is 0.154. The molecule has 9 heteroatoms. The van der Waals surface area contributed by atoms with Crippen LogP contribution in [-0.2, 0) is 33.8 Å². The summed E-state index contributed by atoms with van der Waals surface area (Å²) in [5, 5.41) is 0. The summed E-state index contributed by atoms with van der Waals surface area (Å²) in [5.74, 6) is -0.964. The molecule has 0 N–H and O–H groups in total. The van der Waals surface area contributed by atoms with Gasteiger partial charge in [0.25, 0.3) is 0 Å². The first kappa shape index (κ1) is 18.4. The van der Waals surface area contributed by atoms with Gasteiger partial charge in [-0.1, -0.05) is 18.2 Å². The first-order valence-electron chi connectivity index (χ1n) is 8.87. The number of rotatable bonds is 4. The molecule has 27 heavy (non-hydrogen) atoms. The summed E-state index contributed by atoms with van der Waals surface area (Å²) < 4.78 is 44.9. The van der Waals surface area contributed by atoms with E-state index in [9.17, 15) is 18.0 Å². The van der Waals surface area contributed by atoms with Gasteiger partial charge in [0, 0.05) is 13.8 Å². The van der Waals surface area contributed by atoms with Crippen molar-refractivity contribution in [3.8, 4) is 0 Å². The van der Waals surface area contributed by atoms with Crippen molar-refractivity contribution in [3.05, 3.63) is 30.3 Å². The van der Waals surface area contributed by atoms with Crippen molar-refractivity contribution < 1.29 is 32.2 Å². The van der Waals surface area contributed by atoms with Crippen molar-refractivity contribution in [2.75, 3.05) is 0 Å². The number of hydrogen-bond donors (Lipinski definition) is 0. The van der Waals surface area contributed by atoms with Gasteiger partial charge in [-0.15, -0.1) is 0 Å². The van der Waals surface area contributed by atoms with Crippen molar-refractivity contribution in [1.82, 2.24) is 4.31 Å². The molecule has 0 radical (unpaired) electrons. The molecule has 4 fully saturated rings. The van der Waals surface area contributed by atoms with Crippen LogP contribution in [0, 0.1) is 0 Å². The Morgan fingerprint density at radius 2 is 1.44 bits per heavy atom. The van der Waals surface area contributed by atoms with Gasteiger partial charge in [-0.05, 0) is 25.0 Å². The highest BCUT2D eigenvalue weighted by molar-refractivity contribution is 7.89. The summed E-state index contributed by atoms with van der Waals surface area (Å²) in [6, 6.07) is 7.00. The van der Waals surface area contributed by atoms with E-state index < -0.39 is 58.5 Å². The van der Waals surface area contributed by atoms with Crippen LogP contribution in [0.3, 0.4) is 0 Å². The van der Waals surface area contributed by atoms with Crippen LogP contribution in [0.5, 0.6) is 0 Å². The first-order valence-corrected chi connectivity index (χ1v) is 10.3. The van der Waals surface area contributed by atoms with Gasteiger partial charge >= 0.3 is 11.9 Å². The van der Waals surface area contributed by atoms with E-state index in [0.717, 1.165) is 0 Å². The minimum Gasteiger partial charge on any atom is -0.458 e. The molecule has 146 valence electrons. The van der Waals surface area contributed by atoms with Crippen molar-refractivity contribution >= 4 is 22.0 Å². The maximum absolute atomic E-state index is 13.4. The summed E-state index contributed by atoms with van der Waals surface area (Å²) in [7, 11) is -3.87. The third-order valence-electron chi connectivity index (χ3n) is 5.36. The molecule has 0 unspecified atom stereocenters. The van der Waals surface area contributed by atoms with Crippen LogP contribution < -0.4 is 0 Å². The van der Waals surface area contributed by atoms with Gasteiger partial charge in [0.15, 0.2) is 0 Å². The van der Waals surface area contributed by atoms with Gasteiger partial charge in [-0.25, -0.2) is 8.42 Å². The van der Waals surface area contributed by atoms with Crippen LogP contribution in [0.15, 0.2) is 35.2 Å². The zero-order chi connectivity index (χ0) is 19.3. The van der Waals surface area contributed by atoms with E-state index in [4.69, 9.17) is 14.2 Å². The number of carbonyl (C=O) groups is 2. The monoisotopic (exact) mass is 395 g/mol. The van der Waals surface area contributed by atoms with E-state index in [1.54, 1.807) is 18.2 Å². The molecule has 1 aromatic carbocycles. The molecule has 4 aliphatic heterocycles. The van der Waals surface area contributed by atoms with Crippen LogP contribution in [0.25, 0.3) is 0 Å². The average molecular weight is 395 g/mol. The smallest absolute Gasteiger partial charge is 0.303 e. The molecule has 0 aliphatic carbocycles. The number of carbonyl (C=O) groups excluding carboxylic acids is 2. The summed E-state index contributed by atoms with van der Waals surface area (Å²) in [4.78, 5) is 23.3. The van der Waals surface area contributed by atoms with Crippen LogP contribution in [0.4, 0.5) is 0 Å². The number of piperidine rings is 2. The predicted molar refractivity (Wildman–Crippen MR) is 92.0 cm³/mol. The molecule has 8 nitrogen and oxygen atoms in total. The van der Waals surface area contributed by atoms with E-state index in [1.807, 2.05) is 0 Å². The minimum atomic E-state index is -3.87.